The summed E-state index contributed by atoms with van der Waals surface area (Å²) in [6.07, 6.45) is 0. The fourth-order valence-corrected chi connectivity index (χ4v) is 4.69. The van der Waals surface area contributed by atoms with E-state index in [9.17, 15) is 4.79 Å². The van der Waals surface area contributed by atoms with E-state index in [2.05, 4.69) is 5.32 Å². The van der Waals surface area contributed by atoms with Crippen molar-refractivity contribution in [1.29, 1.82) is 0 Å². The van der Waals surface area contributed by atoms with Crippen LogP contribution in [-0.4, -0.2) is 30.4 Å². The maximum atomic E-state index is 12.4. The topological polar surface area (TPSA) is 60.5 Å². The molecule has 30 heavy (non-hydrogen) atoms. The first-order valence-corrected chi connectivity index (χ1v) is 11.6. The average molecular weight is 463 g/mol. The maximum absolute atomic E-state index is 12.4. The molecule has 8 heteroatoms. The number of nitrogens with zero attached hydrogens (tertiary/aromatic N) is 1. The molecule has 1 N–H and O–H groups in total. The summed E-state index contributed by atoms with van der Waals surface area (Å²) in [5, 5.41) is 6.29. The molecule has 0 radical (unpaired) electrons. The Morgan fingerprint density at radius 2 is 2.03 bits per heavy atom. The molecule has 0 aliphatic carbocycles. The van der Waals surface area contributed by atoms with Gasteiger partial charge in [0.2, 0.25) is 5.91 Å². The molecule has 0 fully saturated rings. The number of hydrogen-bond acceptors (Lipinski definition) is 6. The predicted molar refractivity (Wildman–Crippen MR) is 125 cm³/mol. The van der Waals surface area contributed by atoms with Crippen LogP contribution in [0.3, 0.4) is 0 Å². The van der Waals surface area contributed by atoms with E-state index in [0.717, 1.165) is 33.3 Å². The molecule has 0 bridgehead atoms. The van der Waals surface area contributed by atoms with Crippen LogP contribution in [0.15, 0.2) is 47.8 Å². The third-order valence-electron chi connectivity index (χ3n) is 4.45. The minimum atomic E-state index is -0.201. The Balaban J connectivity index is 1.56. The number of benzene rings is 2. The summed E-state index contributed by atoms with van der Waals surface area (Å²) in [6, 6.07) is 13.2. The van der Waals surface area contributed by atoms with Gasteiger partial charge >= 0.3 is 0 Å². The molecule has 0 unspecified atom stereocenters. The van der Waals surface area contributed by atoms with Gasteiger partial charge < -0.3 is 14.8 Å². The second-order valence-electron chi connectivity index (χ2n) is 6.47. The van der Waals surface area contributed by atoms with Crippen molar-refractivity contribution in [3.63, 3.8) is 0 Å². The van der Waals surface area contributed by atoms with E-state index in [1.807, 2.05) is 54.8 Å². The van der Waals surface area contributed by atoms with Gasteiger partial charge in [0.1, 0.15) is 16.5 Å². The van der Waals surface area contributed by atoms with Crippen LogP contribution in [0.2, 0.25) is 5.02 Å². The van der Waals surface area contributed by atoms with Crippen LogP contribution in [0.4, 0.5) is 0 Å². The lowest BCUT2D eigenvalue weighted by Gasteiger charge is -2.12. The molecule has 1 atom stereocenters. The van der Waals surface area contributed by atoms with Crippen LogP contribution in [0, 0.1) is 0 Å². The highest BCUT2D eigenvalue weighted by molar-refractivity contribution is 7.99. The van der Waals surface area contributed by atoms with Crippen molar-refractivity contribution in [3.05, 3.63) is 64.1 Å². The van der Waals surface area contributed by atoms with Crippen LogP contribution in [-0.2, 0) is 17.1 Å². The van der Waals surface area contributed by atoms with Gasteiger partial charge in [-0.05, 0) is 30.7 Å². The van der Waals surface area contributed by atoms with Gasteiger partial charge in [0.05, 0.1) is 30.7 Å². The summed E-state index contributed by atoms with van der Waals surface area (Å²) in [5.74, 6) is 2.08. The first-order chi connectivity index (χ1) is 14.5. The molecule has 3 aromatic rings. The SMILES string of the molecule is COc1ccc(-c2nc(CS[C@@H](C)C(=O)NCc3ccccc3Cl)cs2)c(OC)c1. The summed E-state index contributed by atoms with van der Waals surface area (Å²) < 4.78 is 10.7. The van der Waals surface area contributed by atoms with Gasteiger partial charge in [0.25, 0.3) is 0 Å². The van der Waals surface area contributed by atoms with E-state index < -0.39 is 0 Å². The van der Waals surface area contributed by atoms with Gasteiger partial charge in [-0.1, -0.05) is 29.8 Å². The van der Waals surface area contributed by atoms with Crippen molar-refractivity contribution in [2.75, 3.05) is 14.2 Å². The van der Waals surface area contributed by atoms with Crippen LogP contribution in [0.1, 0.15) is 18.2 Å². The smallest absolute Gasteiger partial charge is 0.233 e. The van der Waals surface area contributed by atoms with Crippen molar-refractivity contribution in [2.45, 2.75) is 24.5 Å². The van der Waals surface area contributed by atoms with E-state index in [0.29, 0.717) is 17.3 Å². The summed E-state index contributed by atoms with van der Waals surface area (Å²) in [4.78, 5) is 17.1. The van der Waals surface area contributed by atoms with Gasteiger partial charge in [0, 0.05) is 28.8 Å². The Hall–Kier alpha value is -2.22. The molecule has 1 amide bonds. The van der Waals surface area contributed by atoms with Crippen LogP contribution in [0.25, 0.3) is 10.6 Å². The number of hydrogen-bond donors (Lipinski definition) is 1. The monoisotopic (exact) mass is 462 g/mol. The van der Waals surface area contributed by atoms with Gasteiger partial charge in [-0.25, -0.2) is 4.98 Å². The summed E-state index contributed by atoms with van der Waals surface area (Å²) in [6.45, 7) is 2.31. The van der Waals surface area contributed by atoms with E-state index in [1.165, 1.54) is 0 Å². The number of aromatic nitrogens is 1. The molecule has 0 saturated heterocycles. The van der Waals surface area contributed by atoms with E-state index >= 15 is 0 Å². The zero-order valence-electron chi connectivity index (χ0n) is 17.0. The van der Waals surface area contributed by atoms with Crippen molar-refractivity contribution in [2.24, 2.45) is 0 Å². The minimum Gasteiger partial charge on any atom is -0.497 e. The molecular weight excluding hydrogens is 440 g/mol. The van der Waals surface area contributed by atoms with Crippen molar-refractivity contribution in [3.8, 4) is 22.1 Å². The molecule has 0 aliphatic rings. The number of ether oxygens (including phenoxy) is 2. The average Bonchev–Trinajstić information content (AvgIpc) is 3.25. The highest BCUT2D eigenvalue weighted by Gasteiger charge is 2.16. The number of carbonyl (C=O) groups is 1. The van der Waals surface area contributed by atoms with Crippen molar-refractivity contribution >= 4 is 40.6 Å². The number of amides is 1. The number of carbonyl (C=O) groups excluding carboxylic acids is 1. The minimum absolute atomic E-state index is 0.0211. The first-order valence-electron chi connectivity index (χ1n) is 9.31. The number of thioether (sulfide) groups is 1. The van der Waals surface area contributed by atoms with E-state index in [1.54, 1.807) is 37.3 Å². The number of rotatable bonds is 9. The van der Waals surface area contributed by atoms with E-state index in [4.69, 9.17) is 26.1 Å². The van der Waals surface area contributed by atoms with Gasteiger partial charge in [-0.15, -0.1) is 23.1 Å². The molecule has 0 aliphatic heterocycles. The normalized spacial score (nSPS) is 11.7. The molecule has 158 valence electrons. The van der Waals surface area contributed by atoms with E-state index in [-0.39, 0.29) is 11.2 Å². The Kier molecular flexibility index (Phi) is 8.01. The van der Waals surface area contributed by atoms with Gasteiger partial charge in [0.15, 0.2) is 0 Å². The Bertz CT molecular complexity index is 1010. The first kappa shape index (κ1) is 22.5. The summed E-state index contributed by atoms with van der Waals surface area (Å²) in [5.41, 5.74) is 2.76. The number of halogens is 1. The third kappa shape index (κ3) is 5.68. The fourth-order valence-electron chi connectivity index (χ4n) is 2.73. The second-order valence-corrected chi connectivity index (χ2v) is 9.07. The second kappa shape index (κ2) is 10.7. The van der Waals surface area contributed by atoms with Crippen LogP contribution < -0.4 is 14.8 Å². The maximum Gasteiger partial charge on any atom is 0.233 e. The summed E-state index contributed by atoms with van der Waals surface area (Å²) in [7, 11) is 3.25. The number of nitrogens with one attached hydrogen (secondary N) is 1. The highest BCUT2D eigenvalue weighted by Crippen LogP contribution is 2.35. The molecule has 2 aromatic carbocycles. The molecule has 1 heterocycles. The lowest BCUT2D eigenvalue weighted by molar-refractivity contribution is -0.120. The fraction of sp³-hybridized carbons (Fsp3) is 0.273. The van der Waals surface area contributed by atoms with Gasteiger partial charge in [-0.3, -0.25) is 4.79 Å². The highest BCUT2D eigenvalue weighted by atomic mass is 35.5. The lowest BCUT2D eigenvalue weighted by Crippen LogP contribution is -2.30. The molecule has 0 spiro atoms. The van der Waals surface area contributed by atoms with Crippen molar-refractivity contribution in [1.82, 2.24) is 10.3 Å². The lowest BCUT2D eigenvalue weighted by atomic mass is 10.2. The largest absolute Gasteiger partial charge is 0.497 e. The third-order valence-corrected chi connectivity index (χ3v) is 6.92. The van der Waals surface area contributed by atoms with Crippen LogP contribution >= 0.6 is 34.7 Å². The Morgan fingerprint density at radius 3 is 2.77 bits per heavy atom. The zero-order valence-corrected chi connectivity index (χ0v) is 19.4. The molecule has 0 saturated carbocycles. The molecule has 3 rings (SSSR count). The molecule has 5 nitrogen and oxygen atoms in total. The van der Waals surface area contributed by atoms with Gasteiger partial charge in [-0.2, -0.15) is 0 Å². The standard InChI is InChI=1S/C22H23ClN2O3S2/c1-14(21(26)24-11-15-6-4-5-7-19(15)23)29-12-16-13-30-22(25-16)18-9-8-17(27-2)10-20(18)28-3/h4-10,13-14H,11-12H2,1-3H3,(H,24,26)/t14-/m0/s1. The number of thiazole rings is 1. The molecule has 1 aromatic heterocycles. The Labute approximate surface area is 189 Å². The number of methoxy groups -OCH3 is 2. The van der Waals surface area contributed by atoms with Crippen LogP contribution in [0.5, 0.6) is 11.5 Å². The Morgan fingerprint density at radius 1 is 1.23 bits per heavy atom. The van der Waals surface area contributed by atoms with Crippen molar-refractivity contribution < 1.29 is 14.3 Å². The zero-order chi connectivity index (χ0) is 21.5. The molecular formula is C22H23ClN2O3S2. The summed E-state index contributed by atoms with van der Waals surface area (Å²) >= 11 is 9.24. The predicted octanol–water partition coefficient (Wildman–Crippen LogP) is 5.42. The quantitative estimate of drug-likeness (QED) is 0.460.